The van der Waals surface area contributed by atoms with Gasteiger partial charge in [0, 0.05) is 10.5 Å². The molecule has 1 aromatic rings. The molecular formula is C11H12F2O2S. The van der Waals surface area contributed by atoms with E-state index in [9.17, 15) is 13.6 Å². The number of benzene rings is 1. The van der Waals surface area contributed by atoms with E-state index in [-0.39, 0.29) is 5.56 Å². The van der Waals surface area contributed by atoms with Crippen LogP contribution < -0.4 is 0 Å². The molecule has 0 atom stereocenters. The average Bonchev–Trinajstić information content (AvgIpc) is 2.28. The summed E-state index contributed by atoms with van der Waals surface area (Å²) in [6.07, 6.45) is 0. The summed E-state index contributed by atoms with van der Waals surface area (Å²) in [6.45, 7) is 1.93. The van der Waals surface area contributed by atoms with Gasteiger partial charge in [-0.1, -0.05) is 19.1 Å². The fraction of sp³-hybridized carbons (Fsp3) is 0.364. The largest absolute Gasteiger partial charge is 0.464 e. The summed E-state index contributed by atoms with van der Waals surface area (Å²) in [5, 5.41) is 0. The summed E-state index contributed by atoms with van der Waals surface area (Å²) in [6, 6.07) is 5.76. The molecule has 0 aromatic heterocycles. The standard InChI is InChI=1S/C11H12F2O2S/c1-3-16-9-6-4-5-8(7-9)11(12,13)10(14)15-2/h4-7H,3H2,1-2H3. The van der Waals surface area contributed by atoms with E-state index < -0.39 is 11.9 Å². The van der Waals surface area contributed by atoms with Gasteiger partial charge in [-0.3, -0.25) is 0 Å². The summed E-state index contributed by atoms with van der Waals surface area (Å²) >= 11 is 1.44. The molecule has 88 valence electrons. The van der Waals surface area contributed by atoms with Crippen molar-refractivity contribution in [1.29, 1.82) is 0 Å². The minimum absolute atomic E-state index is 0.335. The third-order valence-electron chi connectivity index (χ3n) is 1.95. The Labute approximate surface area is 97.0 Å². The minimum atomic E-state index is -3.58. The van der Waals surface area contributed by atoms with Gasteiger partial charge in [0.1, 0.15) is 0 Å². The summed E-state index contributed by atoms with van der Waals surface area (Å²) in [5.41, 5.74) is -0.335. The lowest BCUT2D eigenvalue weighted by atomic mass is 10.1. The zero-order valence-corrected chi connectivity index (χ0v) is 9.81. The smallest absolute Gasteiger partial charge is 0.381 e. The Morgan fingerprint density at radius 2 is 2.19 bits per heavy atom. The third-order valence-corrected chi connectivity index (χ3v) is 2.83. The molecule has 0 N–H and O–H groups in total. The maximum Gasteiger partial charge on any atom is 0.381 e. The first-order valence-corrected chi connectivity index (χ1v) is 5.70. The van der Waals surface area contributed by atoms with Crippen molar-refractivity contribution in [2.24, 2.45) is 0 Å². The normalized spacial score (nSPS) is 11.2. The second-order valence-electron chi connectivity index (χ2n) is 3.03. The molecule has 16 heavy (non-hydrogen) atoms. The maximum absolute atomic E-state index is 13.5. The monoisotopic (exact) mass is 246 g/mol. The Morgan fingerprint density at radius 1 is 1.50 bits per heavy atom. The van der Waals surface area contributed by atoms with Gasteiger partial charge in [0.2, 0.25) is 0 Å². The second-order valence-corrected chi connectivity index (χ2v) is 4.36. The molecule has 0 amide bonds. The van der Waals surface area contributed by atoms with Crippen molar-refractivity contribution in [3.63, 3.8) is 0 Å². The number of carbonyl (C=O) groups excluding carboxylic acids is 1. The molecule has 0 saturated carbocycles. The molecule has 0 radical (unpaired) electrons. The van der Waals surface area contributed by atoms with Crippen LogP contribution in [0, 0.1) is 0 Å². The van der Waals surface area contributed by atoms with Gasteiger partial charge in [-0.2, -0.15) is 8.78 Å². The molecule has 1 rings (SSSR count). The Balaban J connectivity index is 3.03. The van der Waals surface area contributed by atoms with Gasteiger partial charge in [-0.25, -0.2) is 4.79 Å². The van der Waals surface area contributed by atoms with E-state index in [1.807, 2.05) is 6.92 Å². The van der Waals surface area contributed by atoms with E-state index >= 15 is 0 Å². The van der Waals surface area contributed by atoms with Gasteiger partial charge < -0.3 is 4.74 Å². The van der Waals surface area contributed by atoms with Crippen LogP contribution in [0.5, 0.6) is 0 Å². The summed E-state index contributed by atoms with van der Waals surface area (Å²) in [5.74, 6) is -4.34. The van der Waals surface area contributed by atoms with Crippen molar-refractivity contribution in [3.8, 4) is 0 Å². The molecule has 5 heteroatoms. The van der Waals surface area contributed by atoms with Crippen LogP contribution in [0.1, 0.15) is 12.5 Å². The van der Waals surface area contributed by atoms with E-state index in [0.717, 1.165) is 12.9 Å². The first-order valence-electron chi connectivity index (χ1n) is 4.72. The number of alkyl halides is 2. The van der Waals surface area contributed by atoms with Crippen molar-refractivity contribution in [2.45, 2.75) is 17.7 Å². The minimum Gasteiger partial charge on any atom is -0.464 e. The van der Waals surface area contributed by atoms with Crippen molar-refractivity contribution in [2.75, 3.05) is 12.9 Å². The Hall–Kier alpha value is -1.10. The number of rotatable bonds is 4. The van der Waals surface area contributed by atoms with Crippen molar-refractivity contribution in [1.82, 2.24) is 0 Å². The van der Waals surface area contributed by atoms with Crippen LogP contribution in [0.15, 0.2) is 29.2 Å². The number of hydrogen-bond acceptors (Lipinski definition) is 3. The highest BCUT2D eigenvalue weighted by atomic mass is 32.2. The van der Waals surface area contributed by atoms with Gasteiger partial charge >= 0.3 is 11.9 Å². The zero-order chi connectivity index (χ0) is 12.2. The number of hydrogen-bond donors (Lipinski definition) is 0. The molecule has 0 spiro atoms. The topological polar surface area (TPSA) is 26.3 Å². The van der Waals surface area contributed by atoms with Crippen LogP contribution in [0.2, 0.25) is 0 Å². The number of esters is 1. The third kappa shape index (κ3) is 2.72. The van der Waals surface area contributed by atoms with Crippen molar-refractivity contribution in [3.05, 3.63) is 29.8 Å². The van der Waals surface area contributed by atoms with Gasteiger partial charge in [0.25, 0.3) is 0 Å². The Kier molecular flexibility index (Phi) is 4.29. The lowest BCUT2D eigenvalue weighted by molar-refractivity contribution is -0.170. The molecule has 0 bridgehead atoms. The number of thioether (sulfide) groups is 1. The number of methoxy groups -OCH3 is 1. The number of ether oxygens (including phenoxy) is 1. The van der Waals surface area contributed by atoms with E-state index in [2.05, 4.69) is 4.74 Å². The fourth-order valence-electron chi connectivity index (χ4n) is 1.19. The summed E-state index contributed by atoms with van der Waals surface area (Å²) in [4.78, 5) is 11.6. The molecule has 1 aromatic carbocycles. The van der Waals surface area contributed by atoms with E-state index in [4.69, 9.17) is 0 Å². The summed E-state index contributed by atoms with van der Waals surface area (Å²) in [7, 11) is 0.945. The first kappa shape index (κ1) is 13.0. The van der Waals surface area contributed by atoms with Crippen molar-refractivity contribution >= 4 is 17.7 Å². The van der Waals surface area contributed by atoms with Crippen LogP contribution in [0.25, 0.3) is 0 Å². The van der Waals surface area contributed by atoms with Crippen molar-refractivity contribution < 1.29 is 18.3 Å². The van der Waals surface area contributed by atoms with Gasteiger partial charge in [0.05, 0.1) is 7.11 Å². The van der Waals surface area contributed by atoms with E-state index in [1.54, 1.807) is 6.07 Å². The molecule has 0 unspecified atom stereocenters. The molecule has 0 aliphatic heterocycles. The highest BCUT2D eigenvalue weighted by molar-refractivity contribution is 7.99. The van der Waals surface area contributed by atoms with E-state index in [0.29, 0.717) is 4.90 Å². The predicted octanol–water partition coefficient (Wildman–Crippen LogP) is 3.06. The molecule has 0 fully saturated rings. The lowest BCUT2D eigenvalue weighted by Crippen LogP contribution is -2.27. The summed E-state index contributed by atoms with van der Waals surface area (Å²) < 4.78 is 31.0. The lowest BCUT2D eigenvalue weighted by Gasteiger charge is -2.14. The van der Waals surface area contributed by atoms with E-state index in [1.165, 1.54) is 30.0 Å². The molecule has 0 aliphatic rings. The zero-order valence-electron chi connectivity index (χ0n) is 9.00. The Bertz CT molecular complexity index is 380. The van der Waals surface area contributed by atoms with Gasteiger partial charge in [-0.15, -0.1) is 11.8 Å². The van der Waals surface area contributed by atoms with Gasteiger partial charge in [-0.05, 0) is 17.9 Å². The van der Waals surface area contributed by atoms with Crippen LogP contribution in [-0.2, 0) is 15.5 Å². The molecule has 0 heterocycles. The quantitative estimate of drug-likeness (QED) is 0.603. The maximum atomic E-state index is 13.5. The van der Waals surface area contributed by atoms with Gasteiger partial charge in [0.15, 0.2) is 0 Å². The number of carbonyl (C=O) groups is 1. The van der Waals surface area contributed by atoms with Crippen LogP contribution >= 0.6 is 11.8 Å². The molecule has 0 saturated heterocycles. The SMILES string of the molecule is CCSc1cccc(C(F)(F)C(=O)OC)c1. The fourth-order valence-corrected chi connectivity index (χ4v) is 1.91. The van der Waals surface area contributed by atoms with Crippen LogP contribution in [-0.4, -0.2) is 18.8 Å². The molecule has 2 nitrogen and oxygen atoms in total. The van der Waals surface area contributed by atoms with Crippen LogP contribution in [0.4, 0.5) is 8.78 Å². The first-order chi connectivity index (χ1) is 7.52. The predicted molar refractivity (Wildman–Crippen MR) is 58.8 cm³/mol. The number of halogens is 2. The Morgan fingerprint density at radius 3 is 2.75 bits per heavy atom. The highest BCUT2D eigenvalue weighted by Crippen LogP contribution is 2.31. The van der Waals surface area contributed by atoms with Crippen LogP contribution in [0.3, 0.4) is 0 Å². The molecule has 0 aliphatic carbocycles. The second kappa shape index (κ2) is 5.30. The highest BCUT2D eigenvalue weighted by Gasteiger charge is 2.42. The molecular weight excluding hydrogens is 234 g/mol. The average molecular weight is 246 g/mol.